The maximum absolute atomic E-state index is 13.8. The normalized spacial score (nSPS) is 11.8. The number of H-pyrrole nitrogens is 1. The zero-order valence-corrected chi connectivity index (χ0v) is 11.6. The van der Waals surface area contributed by atoms with Crippen LogP contribution in [-0.2, 0) is 5.41 Å². The molecule has 0 aliphatic rings. The minimum atomic E-state index is -0.272. The Kier molecular flexibility index (Phi) is 3.08. The van der Waals surface area contributed by atoms with Crippen LogP contribution in [0.5, 0.6) is 0 Å². The molecule has 1 heterocycles. The zero-order chi connectivity index (χ0) is 12.6. The molecule has 0 fully saturated rings. The summed E-state index contributed by atoms with van der Waals surface area (Å²) in [4.78, 5) is 0. The van der Waals surface area contributed by atoms with Crippen LogP contribution in [0.1, 0.15) is 26.5 Å². The molecule has 0 aliphatic carbocycles. The Balaban J connectivity index is 2.44. The van der Waals surface area contributed by atoms with Gasteiger partial charge in [-0.25, -0.2) is 4.39 Å². The molecule has 1 aromatic heterocycles. The van der Waals surface area contributed by atoms with E-state index in [-0.39, 0.29) is 11.2 Å². The second-order valence-corrected chi connectivity index (χ2v) is 5.96. The molecule has 1 aromatic carbocycles. The van der Waals surface area contributed by atoms with Crippen molar-refractivity contribution in [3.05, 3.63) is 40.2 Å². The summed E-state index contributed by atoms with van der Waals surface area (Å²) in [5, 5.41) is 7.12. The van der Waals surface area contributed by atoms with Crippen molar-refractivity contribution in [2.45, 2.75) is 26.2 Å². The van der Waals surface area contributed by atoms with Gasteiger partial charge >= 0.3 is 0 Å². The van der Waals surface area contributed by atoms with Gasteiger partial charge in [0.25, 0.3) is 0 Å². The molecule has 2 aromatic rings. The van der Waals surface area contributed by atoms with Gasteiger partial charge in [0, 0.05) is 21.1 Å². The fourth-order valence-corrected chi connectivity index (χ4v) is 1.87. The lowest BCUT2D eigenvalue weighted by molar-refractivity contribution is 0.567. The largest absolute Gasteiger partial charge is 0.281 e. The molecule has 0 saturated heterocycles. The van der Waals surface area contributed by atoms with Crippen molar-refractivity contribution in [1.29, 1.82) is 0 Å². The molecule has 1 N–H and O–H groups in total. The molecule has 0 saturated carbocycles. The van der Waals surface area contributed by atoms with Crippen molar-refractivity contribution < 1.29 is 4.39 Å². The van der Waals surface area contributed by atoms with Gasteiger partial charge in [0.1, 0.15) is 5.82 Å². The molecule has 0 amide bonds. The summed E-state index contributed by atoms with van der Waals surface area (Å²) in [6.45, 7) is 6.26. The van der Waals surface area contributed by atoms with Crippen molar-refractivity contribution in [3.63, 3.8) is 0 Å². The van der Waals surface area contributed by atoms with E-state index in [0.717, 1.165) is 10.2 Å². The van der Waals surface area contributed by atoms with E-state index in [1.54, 1.807) is 6.07 Å². The summed E-state index contributed by atoms with van der Waals surface area (Å²) in [5.74, 6) is -0.272. The molecular weight excluding hydrogens is 283 g/mol. The molecule has 2 nitrogen and oxygen atoms in total. The molecule has 0 radical (unpaired) electrons. The maximum Gasteiger partial charge on any atom is 0.133 e. The first kappa shape index (κ1) is 12.3. The summed E-state index contributed by atoms with van der Waals surface area (Å²) in [6, 6.07) is 6.87. The Morgan fingerprint density at radius 3 is 2.47 bits per heavy atom. The highest BCUT2D eigenvalue weighted by Crippen LogP contribution is 2.28. The number of aromatic amines is 1. The molecule has 0 atom stereocenters. The zero-order valence-electron chi connectivity index (χ0n) is 10.0. The highest BCUT2D eigenvalue weighted by atomic mass is 79.9. The van der Waals surface area contributed by atoms with E-state index in [4.69, 9.17) is 0 Å². The second kappa shape index (κ2) is 4.26. The lowest BCUT2D eigenvalue weighted by atomic mass is 9.92. The number of nitrogens with zero attached hydrogens (tertiary/aromatic N) is 1. The van der Waals surface area contributed by atoms with E-state index in [1.165, 1.54) is 6.07 Å². The Morgan fingerprint density at radius 2 is 1.94 bits per heavy atom. The van der Waals surface area contributed by atoms with Crippen LogP contribution >= 0.6 is 15.9 Å². The Labute approximate surface area is 108 Å². The summed E-state index contributed by atoms with van der Waals surface area (Å²) in [7, 11) is 0. The monoisotopic (exact) mass is 296 g/mol. The van der Waals surface area contributed by atoms with E-state index in [0.29, 0.717) is 11.3 Å². The predicted octanol–water partition coefficient (Wildman–Crippen LogP) is 4.28. The van der Waals surface area contributed by atoms with Crippen molar-refractivity contribution >= 4 is 15.9 Å². The van der Waals surface area contributed by atoms with Crippen LogP contribution in [0.4, 0.5) is 4.39 Å². The van der Waals surface area contributed by atoms with Gasteiger partial charge in [0.15, 0.2) is 0 Å². The van der Waals surface area contributed by atoms with E-state index < -0.39 is 0 Å². The van der Waals surface area contributed by atoms with Crippen molar-refractivity contribution in [3.8, 4) is 11.3 Å². The van der Waals surface area contributed by atoms with Crippen molar-refractivity contribution in [2.24, 2.45) is 0 Å². The molecule has 17 heavy (non-hydrogen) atoms. The molecule has 4 heteroatoms. The van der Waals surface area contributed by atoms with Gasteiger partial charge in [-0.3, -0.25) is 5.10 Å². The fourth-order valence-electron chi connectivity index (χ4n) is 1.54. The highest BCUT2D eigenvalue weighted by molar-refractivity contribution is 9.10. The van der Waals surface area contributed by atoms with Crippen LogP contribution in [0.15, 0.2) is 28.7 Å². The van der Waals surface area contributed by atoms with Gasteiger partial charge in [0.05, 0.1) is 5.69 Å². The van der Waals surface area contributed by atoms with Crippen LogP contribution in [0, 0.1) is 5.82 Å². The molecule has 0 aliphatic heterocycles. The summed E-state index contributed by atoms with van der Waals surface area (Å²) in [5.41, 5.74) is 2.13. The lowest BCUT2D eigenvalue weighted by Gasteiger charge is -2.14. The Bertz CT molecular complexity index is 541. The Morgan fingerprint density at radius 1 is 1.24 bits per heavy atom. The van der Waals surface area contributed by atoms with Crippen LogP contribution in [0.3, 0.4) is 0 Å². The van der Waals surface area contributed by atoms with Gasteiger partial charge in [-0.2, -0.15) is 5.10 Å². The van der Waals surface area contributed by atoms with Crippen molar-refractivity contribution in [1.82, 2.24) is 10.2 Å². The van der Waals surface area contributed by atoms with E-state index in [2.05, 4.69) is 46.9 Å². The third kappa shape index (κ3) is 2.57. The topological polar surface area (TPSA) is 28.7 Å². The molecule has 2 rings (SSSR count). The van der Waals surface area contributed by atoms with Crippen LogP contribution < -0.4 is 0 Å². The standard InChI is InChI=1S/C13H14BrFN2/c1-13(2,3)12-7-11(16-17-12)9-5-4-8(14)6-10(9)15/h4-7H,1-3H3,(H,16,17). The first-order valence-corrected chi connectivity index (χ1v) is 6.18. The number of nitrogens with one attached hydrogen (secondary N) is 1. The fraction of sp³-hybridized carbons (Fsp3) is 0.308. The van der Waals surface area contributed by atoms with E-state index >= 15 is 0 Å². The number of hydrogen-bond donors (Lipinski definition) is 1. The molecule has 0 bridgehead atoms. The van der Waals surface area contributed by atoms with Gasteiger partial charge in [-0.15, -0.1) is 0 Å². The van der Waals surface area contributed by atoms with E-state index in [1.807, 2.05) is 12.1 Å². The first-order chi connectivity index (χ1) is 7.88. The minimum Gasteiger partial charge on any atom is -0.281 e. The van der Waals surface area contributed by atoms with Crippen LogP contribution in [0.25, 0.3) is 11.3 Å². The summed E-state index contributed by atoms with van der Waals surface area (Å²) >= 11 is 3.24. The van der Waals surface area contributed by atoms with Crippen LogP contribution in [-0.4, -0.2) is 10.2 Å². The number of benzene rings is 1. The summed E-state index contributed by atoms with van der Waals surface area (Å²) in [6.07, 6.45) is 0. The average molecular weight is 297 g/mol. The summed E-state index contributed by atoms with van der Waals surface area (Å²) < 4.78 is 14.5. The number of aromatic nitrogens is 2. The SMILES string of the molecule is CC(C)(C)c1cc(-c2ccc(Br)cc2F)n[nH]1. The van der Waals surface area contributed by atoms with Gasteiger partial charge in [-0.05, 0) is 24.3 Å². The maximum atomic E-state index is 13.8. The third-order valence-corrected chi connectivity index (χ3v) is 3.09. The quantitative estimate of drug-likeness (QED) is 0.836. The molecule has 0 unspecified atom stereocenters. The van der Waals surface area contributed by atoms with E-state index in [9.17, 15) is 4.39 Å². The van der Waals surface area contributed by atoms with Gasteiger partial charge in [-0.1, -0.05) is 36.7 Å². The molecule has 0 spiro atoms. The van der Waals surface area contributed by atoms with Crippen LogP contribution in [0.2, 0.25) is 0 Å². The van der Waals surface area contributed by atoms with Gasteiger partial charge in [0.2, 0.25) is 0 Å². The minimum absolute atomic E-state index is 0.0168. The predicted molar refractivity (Wildman–Crippen MR) is 70.4 cm³/mol. The first-order valence-electron chi connectivity index (χ1n) is 5.39. The number of hydrogen-bond acceptors (Lipinski definition) is 1. The average Bonchev–Trinajstić information content (AvgIpc) is 2.65. The third-order valence-electron chi connectivity index (χ3n) is 2.59. The molecular formula is C13H14BrFN2. The Hall–Kier alpha value is -1.16. The lowest BCUT2D eigenvalue weighted by Crippen LogP contribution is -2.11. The highest BCUT2D eigenvalue weighted by Gasteiger charge is 2.18. The smallest absolute Gasteiger partial charge is 0.133 e. The number of rotatable bonds is 1. The number of halogens is 2. The van der Waals surface area contributed by atoms with Crippen molar-refractivity contribution in [2.75, 3.05) is 0 Å². The van der Waals surface area contributed by atoms with Gasteiger partial charge < -0.3 is 0 Å². The second-order valence-electron chi connectivity index (χ2n) is 5.04. The molecule has 90 valence electrons.